The van der Waals surface area contributed by atoms with Crippen molar-refractivity contribution in [1.29, 1.82) is 0 Å². The summed E-state index contributed by atoms with van der Waals surface area (Å²) in [6.45, 7) is 1.91. The van der Waals surface area contributed by atoms with Crippen LogP contribution in [-0.2, 0) is 16.1 Å². The summed E-state index contributed by atoms with van der Waals surface area (Å²) in [7, 11) is 3.57. The third-order valence-corrected chi connectivity index (χ3v) is 2.39. The minimum absolute atomic E-state index is 0.0639. The third kappa shape index (κ3) is 4.94. The number of hydrogen-bond donors (Lipinski definition) is 1. The quantitative estimate of drug-likeness (QED) is 0.796. The first-order valence-corrected chi connectivity index (χ1v) is 5.63. The van der Waals surface area contributed by atoms with Crippen LogP contribution < -0.4 is 5.32 Å². The Balaban J connectivity index is 2.41. The molecule has 0 spiro atoms. The molecule has 0 aliphatic rings. The minimum Gasteiger partial charge on any atom is -0.382 e. The van der Waals surface area contributed by atoms with Gasteiger partial charge in [-0.3, -0.25) is 0 Å². The van der Waals surface area contributed by atoms with E-state index in [1.54, 1.807) is 7.11 Å². The van der Waals surface area contributed by atoms with Crippen LogP contribution in [0.15, 0.2) is 24.3 Å². The number of halogens is 1. The highest BCUT2D eigenvalue weighted by Gasteiger charge is 2.07. The summed E-state index contributed by atoms with van der Waals surface area (Å²) < 4.78 is 10.8. The Morgan fingerprint density at radius 2 is 2.25 bits per heavy atom. The zero-order chi connectivity index (χ0) is 11.8. The van der Waals surface area contributed by atoms with Gasteiger partial charge in [-0.05, 0) is 24.7 Å². The molecule has 1 rings (SSSR count). The summed E-state index contributed by atoms with van der Waals surface area (Å²) in [6, 6.07) is 7.68. The van der Waals surface area contributed by atoms with E-state index in [0.717, 1.165) is 17.1 Å². The standard InChI is InChI=1S/C12H18ClNO2/c1-14-7-12(9-15-2)16-8-10-4-3-5-11(13)6-10/h3-6,12,14H,7-9H2,1-2H3. The molecule has 0 heterocycles. The Morgan fingerprint density at radius 3 is 2.88 bits per heavy atom. The van der Waals surface area contributed by atoms with Crippen molar-refractivity contribution in [3.8, 4) is 0 Å². The van der Waals surface area contributed by atoms with Crippen LogP contribution in [0.2, 0.25) is 5.02 Å². The van der Waals surface area contributed by atoms with Crippen LogP contribution in [0.1, 0.15) is 5.56 Å². The smallest absolute Gasteiger partial charge is 0.0936 e. The number of methoxy groups -OCH3 is 1. The van der Waals surface area contributed by atoms with E-state index in [2.05, 4.69) is 5.32 Å². The third-order valence-electron chi connectivity index (χ3n) is 2.16. The molecular weight excluding hydrogens is 226 g/mol. The van der Waals surface area contributed by atoms with E-state index in [-0.39, 0.29) is 6.10 Å². The van der Waals surface area contributed by atoms with Crippen LogP contribution in [-0.4, -0.2) is 33.4 Å². The van der Waals surface area contributed by atoms with Gasteiger partial charge in [0, 0.05) is 18.7 Å². The molecule has 1 aromatic rings. The van der Waals surface area contributed by atoms with E-state index < -0.39 is 0 Å². The van der Waals surface area contributed by atoms with Crippen molar-refractivity contribution in [2.24, 2.45) is 0 Å². The van der Waals surface area contributed by atoms with Gasteiger partial charge < -0.3 is 14.8 Å². The summed E-state index contributed by atoms with van der Waals surface area (Å²) in [6.07, 6.45) is 0.0639. The molecule has 1 atom stereocenters. The molecule has 16 heavy (non-hydrogen) atoms. The van der Waals surface area contributed by atoms with Gasteiger partial charge in [0.2, 0.25) is 0 Å². The van der Waals surface area contributed by atoms with E-state index >= 15 is 0 Å². The van der Waals surface area contributed by atoms with E-state index in [1.807, 2.05) is 31.3 Å². The highest BCUT2D eigenvalue weighted by Crippen LogP contribution is 2.12. The van der Waals surface area contributed by atoms with Crippen LogP contribution in [0, 0.1) is 0 Å². The van der Waals surface area contributed by atoms with Gasteiger partial charge in [0.25, 0.3) is 0 Å². The minimum atomic E-state index is 0.0639. The maximum atomic E-state index is 5.89. The molecule has 0 saturated carbocycles. The molecule has 1 unspecified atom stereocenters. The van der Waals surface area contributed by atoms with Gasteiger partial charge in [-0.25, -0.2) is 0 Å². The second-order valence-electron chi connectivity index (χ2n) is 3.58. The van der Waals surface area contributed by atoms with E-state index in [9.17, 15) is 0 Å². The van der Waals surface area contributed by atoms with Crippen LogP contribution >= 0.6 is 11.6 Å². The first-order chi connectivity index (χ1) is 7.76. The van der Waals surface area contributed by atoms with Crippen molar-refractivity contribution in [3.63, 3.8) is 0 Å². The number of hydrogen-bond acceptors (Lipinski definition) is 3. The van der Waals surface area contributed by atoms with Crippen molar-refractivity contribution >= 4 is 11.6 Å². The number of benzene rings is 1. The highest BCUT2D eigenvalue weighted by molar-refractivity contribution is 6.30. The van der Waals surface area contributed by atoms with Crippen molar-refractivity contribution in [3.05, 3.63) is 34.9 Å². The molecule has 0 radical (unpaired) electrons. The van der Waals surface area contributed by atoms with Crippen molar-refractivity contribution in [2.45, 2.75) is 12.7 Å². The summed E-state index contributed by atoms with van der Waals surface area (Å²) in [5.41, 5.74) is 1.07. The normalized spacial score (nSPS) is 12.7. The Labute approximate surface area is 102 Å². The molecule has 0 saturated heterocycles. The van der Waals surface area contributed by atoms with Crippen LogP contribution in [0.5, 0.6) is 0 Å². The van der Waals surface area contributed by atoms with Gasteiger partial charge in [-0.2, -0.15) is 0 Å². The lowest BCUT2D eigenvalue weighted by Crippen LogP contribution is -2.30. The van der Waals surface area contributed by atoms with Crippen LogP contribution in [0.3, 0.4) is 0 Å². The lowest BCUT2D eigenvalue weighted by molar-refractivity contribution is -0.00919. The lowest BCUT2D eigenvalue weighted by Gasteiger charge is -2.16. The molecule has 1 aromatic carbocycles. The van der Waals surface area contributed by atoms with Crippen molar-refractivity contribution in [1.82, 2.24) is 5.32 Å². The Kier molecular flexibility index (Phi) is 6.42. The van der Waals surface area contributed by atoms with Gasteiger partial charge >= 0.3 is 0 Å². The highest BCUT2D eigenvalue weighted by atomic mass is 35.5. The van der Waals surface area contributed by atoms with Crippen molar-refractivity contribution in [2.75, 3.05) is 27.3 Å². The van der Waals surface area contributed by atoms with E-state index in [0.29, 0.717) is 13.2 Å². The molecule has 4 heteroatoms. The SMILES string of the molecule is CNCC(COC)OCc1cccc(Cl)c1. The number of rotatable bonds is 7. The maximum Gasteiger partial charge on any atom is 0.0936 e. The molecular formula is C12H18ClNO2. The Morgan fingerprint density at radius 1 is 1.44 bits per heavy atom. The fraction of sp³-hybridized carbons (Fsp3) is 0.500. The summed E-state index contributed by atoms with van der Waals surface area (Å²) in [4.78, 5) is 0. The lowest BCUT2D eigenvalue weighted by atomic mass is 10.2. The summed E-state index contributed by atoms with van der Waals surface area (Å²) in [5.74, 6) is 0. The van der Waals surface area contributed by atoms with E-state index in [4.69, 9.17) is 21.1 Å². The zero-order valence-corrected chi connectivity index (χ0v) is 10.5. The van der Waals surface area contributed by atoms with Gasteiger partial charge in [0.15, 0.2) is 0 Å². The number of likely N-dealkylation sites (N-methyl/N-ethyl adjacent to an activating group) is 1. The molecule has 0 aromatic heterocycles. The first kappa shape index (κ1) is 13.5. The Hall–Kier alpha value is -0.610. The fourth-order valence-corrected chi connectivity index (χ4v) is 1.63. The maximum absolute atomic E-state index is 5.89. The van der Waals surface area contributed by atoms with Crippen LogP contribution in [0.25, 0.3) is 0 Å². The van der Waals surface area contributed by atoms with Gasteiger partial charge in [0.05, 0.1) is 19.3 Å². The van der Waals surface area contributed by atoms with Crippen LogP contribution in [0.4, 0.5) is 0 Å². The van der Waals surface area contributed by atoms with Gasteiger partial charge in [0.1, 0.15) is 0 Å². The topological polar surface area (TPSA) is 30.5 Å². The van der Waals surface area contributed by atoms with Gasteiger partial charge in [-0.15, -0.1) is 0 Å². The first-order valence-electron chi connectivity index (χ1n) is 5.26. The summed E-state index contributed by atoms with van der Waals surface area (Å²) in [5, 5.41) is 3.80. The second kappa shape index (κ2) is 7.63. The molecule has 3 nitrogen and oxygen atoms in total. The number of nitrogens with one attached hydrogen (secondary N) is 1. The molecule has 90 valence electrons. The average Bonchev–Trinajstić information content (AvgIpc) is 2.27. The predicted octanol–water partition coefficient (Wildman–Crippen LogP) is 2.09. The number of ether oxygens (including phenoxy) is 2. The molecule has 0 amide bonds. The predicted molar refractivity (Wildman–Crippen MR) is 65.8 cm³/mol. The molecule has 0 aliphatic carbocycles. The molecule has 0 fully saturated rings. The molecule has 0 aliphatic heterocycles. The fourth-order valence-electron chi connectivity index (χ4n) is 1.42. The largest absolute Gasteiger partial charge is 0.382 e. The van der Waals surface area contributed by atoms with Crippen molar-refractivity contribution < 1.29 is 9.47 Å². The monoisotopic (exact) mass is 243 g/mol. The Bertz CT molecular complexity index is 301. The molecule has 1 N–H and O–H groups in total. The van der Waals surface area contributed by atoms with E-state index in [1.165, 1.54) is 0 Å². The average molecular weight is 244 g/mol. The second-order valence-corrected chi connectivity index (χ2v) is 4.01. The molecule has 0 bridgehead atoms. The summed E-state index contributed by atoms with van der Waals surface area (Å²) >= 11 is 5.89. The zero-order valence-electron chi connectivity index (χ0n) is 9.70. The van der Waals surface area contributed by atoms with Gasteiger partial charge in [-0.1, -0.05) is 23.7 Å².